The largest absolute Gasteiger partial charge is 0.399 e. The standard InChI is InChI=1S/C24H28N2O3/c1-15-6-4-7-19(16(15)2)22-10-11-23(21-9-5-8-20(21)22)24(28)26-13-17(25-29-3)12-18(26)14-27/h4,6-7,10-11,18,27H,5,8-9,12-14H2,1-3H3/b25-17+/t18-/m0/s1. The maximum absolute atomic E-state index is 13.4. The molecule has 1 N–H and O–H groups in total. The smallest absolute Gasteiger partial charge is 0.254 e. The molecule has 0 aromatic heterocycles. The average molecular weight is 392 g/mol. The number of hydrogen-bond donors (Lipinski definition) is 1. The van der Waals surface area contributed by atoms with E-state index in [0.717, 1.165) is 30.5 Å². The molecular weight excluding hydrogens is 364 g/mol. The summed E-state index contributed by atoms with van der Waals surface area (Å²) in [7, 11) is 1.50. The minimum atomic E-state index is -0.243. The highest BCUT2D eigenvalue weighted by Crippen LogP contribution is 2.37. The van der Waals surface area contributed by atoms with Crippen molar-refractivity contribution in [3.05, 3.63) is 58.1 Å². The molecule has 4 rings (SSSR count). The predicted molar refractivity (Wildman–Crippen MR) is 114 cm³/mol. The number of carbonyl (C=O) groups excluding carboxylic acids is 1. The topological polar surface area (TPSA) is 62.1 Å². The molecule has 2 aromatic rings. The maximum atomic E-state index is 13.4. The molecule has 0 spiro atoms. The number of aliphatic hydroxyl groups excluding tert-OH is 1. The van der Waals surface area contributed by atoms with Crippen molar-refractivity contribution in [2.45, 2.75) is 45.6 Å². The zero-order valence-electron chi connectivity index (χ0n) is 17.4. The Hall–Kier alpha value is -2.66. The van der Waals surface area contributed by atoms with Gasteiger partial charge in [-0.05, 0) is 72.6 Å². The monoisotopic (exact) mass is 392 g/mol. The van der Waals surface area contributed by atoms with Crippen LogP contribution in [0.2, 0.25) is 0 Å². The maximum Gasteiger partial charge on any atom is 0.254 e. The first-order valence-corrected chi connectivity index (χ1v) is 10.3. The summed E-state index contributed by atoms with van der Waals surface area (Å²) < 4.78 is 0. The lowest BCUT2D eigenvalue weighted by molar-refractivity contribution is 0.0679. The minimum absolute atomic E-state index is 0.0176. The second kappa shape index (κ2) is 7.99. The number of aliphatic hydroxyl groups is 1. The van der Waals surface area contributed by atoms with Crippen molar-refractivity contribution in [3.63, 3.8) is 0 Å². The van der Waals surface area contributed by atoms with Gasteiger partial charge >= 0.3 is 0 Å². The van der Waals surface area contributed by atoms with Gasteiger partial charge in [0.05, 0.1) is 24.9 Å². The second-order valence-electron chi connectivity index (χ2n) is 8.03. The molecule has 1 aliphatic carbocycles. The molecule has 1 fully saturated rings. The van der Waals surface area contributed by atoms with Crippen molar-refractivity contribution < 1.29 is 14.7 Å². The van der Waals surface area contributed by atoms with Crippen LogP contribution in [0, 0.1) is 13.8 Å². The first kappa shape index (κ1) is 19.6. The Kier molecular flexibility index (Phi) is 5.41. The van der Waals surface area contributed by atoms with E-state index in [9.17, 15) is 9.90 Å². The van der Waals surface area contributed by atoms with Gasteiger partial charge in [-0.3, -0.25) is 4.79 Å². The number of nitrogens with zero attached hydrogens (tertiary/aromatic N) is 2. The highest BCUT2D eigenvalue weighted by Gasteiger charge is 2.35. The molecule has 0 saturated carbocycles. The van der Waals surface area contributed by atoms with E-state index >= 15 is 0 Å². The second-order valence-corrected chi connectivity index (χ2v) is 8.03. The average Bonchev–Trinajstić information content (AvgIpc) is 3.36. The molecule has 1 heterocycles. The lowest BCUT2D eigenvalue weighted by atomic mass is 9.89. The summed E-state index contributed by atoms with van der Waals surface area (Å²) in [5.41, 5.74) is 9.11. The van der Waals surface area contributed by atoms with Crippen molar-refractivity contribution in [2.24, 2.45) is 5.16 Å². The van der Waals surface area contributed by atoms with E-state index in [0.29, 0.717) is 13.0 Å². The first-order valence-electron chi connectivity index (χ1n) is 10.3. The lowest BCUT2D eigenvalue weighted by Gasteiger charge is -2.24. The van der Waals surface area contributed by atoms with Gasteiger partial charge in [0.25, 0.3) is 5.91 Å². The van der Waals surface area contributed by atoms with Crippen LogP contribution in [-0.2, 0) is 17.7 Å². The van der Waals surface area contributed by atoms with Crippen LogP contribution in [-0.4, -0.2) is 47.9 Å². The molecule has 5 nitrogen and oxygen atoms in total. The van der Waals surface area contributed by atoms with Gasteiger partial charge in [0.15, 0.2) is 0 Å². The number of hydrogen-bond acceptors (Lipinski definition) is 4. The number of fused-ring (bicyclic) bond motifs is 1. The molecular formula is C24H28N2O3. The fraction of sp³-hybridized carbons (Fsp3) is 0.417. The molecule has 0 bridgehead atoms. The summed E-state index contributed by atoms with van der Waals surface area (Å²) in [4.78, 5) is 20.0. The third-order valence-electron chi connectivity index (χ3n) is 6.37. The first-order chi connectivity index (χ1) is 14.0. The molecule has 2 aromatic carbocycles. The van der Waals surface area contributed by atoms with Crippen molar-refractivity contribution in [1.82, 2.24) is 4.90 Å². The van der Waals surface area contributed by atoms with E-state index in [2.05, 4.69) is 43.3 Å². The van der Waals surface area contributed by atoms with Gasteiger partial charge in [0, 0.05) is 12.0 Å². The van der Waals surface area contributed by atoms with Crippen LogP contribution in [0.25, 0.3) is 11.1 Å². The molecule has 29 heavy (non-hydrogen) atoms. The van der Waals surface area contributed by atoms with Gasteiger partial charge in [-0.1, -0.05) is 29.4 Å². The summed E-state index contributed by atoms with van der Waals surface area (Å²) in [5.74, 6) is -0.0176. The zero-order chi connectivity index (χ0) is 20.5. The highest BCUT2D eigenvalue weighted by atomic mass is 16.6. The quantitative estimate of drug-likeness (QED) is 0.808. The van der Waals surface area contributed by atoms with Gasteiger partial charge in [-0.2, -0.15) is 0 Å². The third kappa shape index (κ3) is 3.44. The molecule has 0 radical (unpaired) electrons. The molecule has 1 amide bonds. The third-order valence-corrected chi connectivity index (χ3v) is 6.37. The number of benzene rings is 2. The van der Waals surface area contributed by atoms with Crippen LogP contribution in [0.5, 0.6) is 0 Å². The Morgan fingerprint density at radius 2 is 1.97 bits per heavy atom. The van der Waals surface area contributed by atoms with E-state index in [4.69, 9.17) is 4.84 Å². The van der Waals surface area contributed by atoms with E-state index in [1.165, 1.54) is 40.5 Å². The normalized spacial score (nSPS) is 19.7. The fourth-order valence-electron chi connectivity index (χ4n) is 4.72. The van der Waals surface area contributed by atoms with Crippen molar-refractivity contribution >= 4 is 11.6 Å². The summed E-state index contributed by atoms with van der Waals surface area (Å²) in [6.07, 6.45) is 3.54. The van der Waals surface area contributed by atoms with Crippen LogP contribution in [0.4, 0.5) is 0 Å². The Morgan fingerprint density at radius 3 is 2.72 bits per heavy atom. The zero-order valence-corrected chi connectivity index (χ0v) is 17.4. The van der Waals surface area contributed by atoms with Gasteiger partial charge in [0.2, 0.25) is 0 Å². The van der Waals surface area contributed by atoms with Crippen LogP contribution in [0.1, 0.15) is 45.5 Å². The Balaban J connectivity index is 1.73. The summed E-state index contributed by atoms with van der Waals surface area (Å²) in [6, 6.07) is 10.3. The number of oxime groups is 1. The van der Waals surface area contributed by atoms with Gasteiger partial charge in [-0.15, -0.1) is 0 Å². The van der Waals surface area contributed by atoms with Crippen molar-refractivity contribution in [1.29, 1.82) is 0 Å². The van der Waals surface area contributed by atoms with Crippen LogP contribution in [0.15, 0.2) is 35.5 Å². The highest BCUT2D eigenvalue weighted by molar-refractivity contribution is 6.02. The fourth-order valence-corrected chi connectivity index (χ4v) is 4.72. The van der Waals surface area contributed by atoms with Crippen molar-refractivity contribution in [3.8, 4) is 11.1 Å². The van der Waals surface area contributed by atoms with Crippen LogP contribution >= 0.6 is 0 Å². The molecule has 2 aliphatic rings. The molecule has 5 heteroatoms. The van der Waals surface area contributed by atoms with Crippen LogP contribution < -0.4 is 0 Å². The minimum Gasteiger partial charge on any atom is -0.399 e. The summed E-state index contributed by atoms with van der Waals surface area (Å²) >= 11 is 0. The number of amides is 1. The van der Waals surface area contributed by atoms with E-state index in [1.54, 1.807) is 4.90 Å². The molecule has 0 unspecified atom stereocenters. The molecule has 152 valence electrons. The van der Waals surface area contributed by atoms with E-state index in [-0.39, 0.29) is 18.6 Å². The van der Waals surface area contributed by atoms with Gasteiger partial charge < -0.3 is 14.8 Å². The number of carbonyl (C=O) groups is 1. The van der Waals surface area contributed by atoms with E-state index in [1.807, 2.05) is 6.07 Å². The summed E-state index contributed by atoms with van der Waals surface area (Å²) in [6.45, 7) is 4.64. The molecule has 1 atom stereocenters. The lowest BCUT2D eigenvalue weighted by Crippen LogP contribution is -2.38. The van der Waals surface area contributed by atoms with Gasteiger partial charge in [-0.25, -0.2) is 0 Å². The van der Waals surface area contributed by atoms with Crippen molar-refractivity contribution in [2.75, 3.05) is 20.3 Å². The Morgan fingerprint density at radius 1 is 1.17 bits per heavy atom. The summed E-state index contributed by atoms with van der Waals surface area (Å²) in [5, 5.41) is 13.8. The van der Waals surface area contributed by atoms with Gasteiger partial charge in [0.1, 0.15) is 7.11 Å². The predicted octanol–water partition coefficient (Wildman–Crippen LogP) is 3.67. The Labute approximate surface area is 172 Å². The SMILES string of the molecule is CO/N=C1\C[C@@H](CO)N(C(=O)c2ccc(-c3cccc(C)c3C)c3c2CCC3)C1. The van der Waals surface area contributed by atoms with Crippen LogP contribution in [0.3, 0.4) is 0 Å². The number of rotatable bonds is 4. The van der Waals surface area contributed by atoms with E-state index < -0.39 is 0 Å². The number of likely N-dealkylation sites (tertiary alicyclic amines) is 1. The molecule has 1 saturated heterocycles. The molecule has 1 aliphatic heterocycles. The Bertz CT molecular complexity index is 980. The number of aryl methyl sites for hydroxylation is 1.